The van der Waals surface area contributed by atoms with Gasteiger partial charge < -0.3 is 46.1 Å². The number of ether oxygens (including phenoxy) is 2. The number of aliphatic hydroxyl groups excluding tert-OH is 5. The zero-order valence-electron chi connectivity index (χ0n) is 39.6. The molecule has 15 nitrogen and oxygen atoms in total. The molecule has 1 heterocycles. The first kappa shape index (κ1) is 57.8. The third-order valence-corrected chi connectivity index (χ3v) is 13.5. The Hall–Kier alpha value is -2.34. The van der Waals surface area contributed by atoms with Crippen molar-refractivity contribution in [1.82, 2.24) is 15.0 Å². The summed E-state index contributed by atoms with van der Waals surface area (Å²) in [5.41, 5.74) is 6.18. The lowest BCUT2D eigenvalue weighted by molar-refractivity contribution is -0.200. The van der Waals surface area contributed by atoms with Crippen LogP contribution in [0.25, 0.3) is 0 Å². The molecule has 0 saturated heterocycles. The van der Waals surface area contributed by atoms with E-state index in [0.29, 0.717) is 6.42 Å². The molecule has 1 aliphatic carbocycles. The van der Waals surface area contributed by atoms with E-state index in [-0.39, 0.29) is 42.3 Å². The van der Waals surface area contributed by atoms with E-state index in [2.05, 4.69) is 29.5 Å². The Balaban J connectivity index is 1.74. The second-order valence-electron chi connectivity index (χ2n) is 18.1. The van der Waals surface area contributed by atoms with Gasteiger partial charge in [-0.1, -0.05) is 186 Å². The minimum Gasteiger partial charge on any atom is -0.462 e. The van der Waals surface area contributed by atoms with Crippen LogP contribution in [-0.4, -0.2) is 119 Å². The van der Waals surface area contributed by atoms with Gasteiger partial charge in [-0.3, -0.25) is 14.4 Å². The molecule has 1 fully saturated rings. The van der Waals surface area contributed by atoms with Crippen LogP contribution in [0.1, 0.15) is 213 Å². The lowest BCUT2D eigenvalue weighted by atomic mass is 9.83. The van der Waals surface area contributed by atoms with Crippen molar-refractivity contribution in [2.24, 2.45) is 5.73 Å². The first-order valence-electron chi connectivity index (χ1n) is 25.3. The van der Waals surface area contributed by atoms with Gasteiger partial charge >= 0.3 is 11.9 Å². The number of nitrogens with one attached hydrogen (secondary N) is 1. The second kappa shape index (κ2) is 36.7. The maximum absolute atomic E-state index is 12.9. The molecule has 1 saturated carbocycles. The number of nitrogens with zero attached hydrogens (tertiary/aromatic N) is 3. The minimum absolute atomic E-state index is 0.0547. The van der Waals surface area contributed by atoms with Crippen LogP contribution < -0.4 is 11.1 Å². The van der Waals surface area contributed by atoms with Crippen LogP contribution >= 0.6 is 11.8 Å². The fourth-order valence-electron chi connectivity index (χ4n) is 8.17. The molecule has 372 valence electrons. The number of thioether (sulfide) groups is 1. The molecule has 8 N–H and O–H groups in total. The lowest BCUT2D eigenvalue weighted by Crippen LogP contribution is -2.61. The molecule has 1 amide bonds. The zero-order chi connectivity index (χ0) is 46.8. The topological polar surface area (TPSA) is 240 Å². The van der Waals surface area contributed by atoms with Gasteiger partial charge in [0.05, 0.1) is 12.2 Å². The highest BCUT2D eigenvalue weighted by molar-refractivity contribution is 7.99. The van der Waals surface area contributed by atoms with E-state index < -0.39 is 54.6 Å². The SMILES string of the molecule is CCCCCCCCCCCCCCCCC(=O)OC[C@H](CSC[C@@H](N)C(=O)Nc1cn([C@@H]2[C@H](O)[C@H](O)[C@@H](O)[C@H](O)[C@H]2O)nn1)OC(=O)CCCCCCCCCCCCCCCC. The number of carbonyl (C=O) groups is 3. The van der Waals surface area contributed by atoms with Gasteiger partial charge in [-0.15, -0.1) is 5.10 Å². The second-order valence-corrected chi connectivity index (χ2v) is 19.2. The molecule has 16 heteroatoms. The Kier molecular flexibility index (Phi) is 33.2. The van der Waals surface area contributed by atoms with Crippen molar-refractivity contribution in [2.45, 2.75) is 255 Å². The lowest BCUT2D eigenvalue weighted by Gasteiger charge is -2.41. The number of amides is 1. The Morgan fingerprint density at radius 3 is 1.44 bits per heavy atom. The molecular weight excluding hydrogens is 839 g/mol. The summed E-state index contributed by atoms with van der Waals surface area (Å²) in [5, 5.41) is 61.0. The van der Waals surface area contributed by atoms with Crippen molar-refractivity contribution >= 4 is 35.4 Å². The number of anilines is 1. The van der Waals surface area contributed by atoms with Crippen LogP contribution in [0.15, 0.2) is 6.20 Å². The summed E-state index contributed by atoms with van der Waals surface area (Å²) in [4.78, 5) is 38.5. The van der Waals surface area contributed by atoms with Gasteiger partial charge in [0.2, 0.25) is 5.91 Å². The van der Waals surface area contributed by atoms with Gasteiger partial charge in [-0.25, -0.2) is 4.68 Å². The molecule has 0 spiro atoms. The monoisotopic (exact) mass is 928 g/mol. The van der Waals surface area contributed by atoms with Gasteiger partial charge in [-0.2, -0.15) is 11.8 Å². The molecule has 0 aliphatic heterocycles. The van der Waals surface area contributed by atoms with Crippen LogP contribution in [0.2, 0.25) is 0 Å². The molecule has 0 radical (unpaired) electrons. The highest BCUT2D eigenvalue weighted by atomic mass is 32.2. The summed E-state index contributed by atoms with van der Waals surface area (Å²) in [5.74, 6) is -0.945. The Morgan fingerprint density at radius 2 is 1.00 bits per heavy atom. The summed E-state index contributed by atoms with van der Waals surface area (Å²) >= 11 is 1.28. The standard InChI is InChI=1S/C48H89N5O10S/c1-3-5-7-9-11-13-15-17-19-21-23-25-27-29-31-40(54)62-34-37(63-41(55)32-30-28-26-24-22-20-18-16-14-12-10-8-6-4-2)35-64-36-38(49)48(61)50-39-33-53(52-51-39)42-43(56)45(58)47(60)46(59)44(42)57/h33,37-38,42-47,56-60H,3-32,34-36,49H2,1-2H3,(H,50,61)/t37-,38-,42-,43+,44+,45+,46-,47-/m1/s1. The molecule has 2 rings (SSSR count). The highest BCUT2D eigenvalue weighted by Crippen LogP contribution is 2.30. The maximum Gasteiger partial charge on any atom is 0.306 e. The van der Waals surface area contributed by atoms with Crippen molar-refractivity contribution in [3.63, 3.8) is 0 Å². The molecule has 1 aromatic rings. The Morgan fingerprint density at radius 1 is 0.609 bits per heavy atom. The Bertz CT molecular complexity index is 1330. The van der Waals surface area contributed by atoms with Gasteiger partial charge in [0.15, 0.2) is 5.82 Å². The number of aromatic nitrogens is 3. The summed E-state index contributed by atoms with van der Waals surface area (Å²) in [6.45, 7) is 4.41. The summed E-state index contributed by atoms with van der Waals surface area (Å²) in [7, 11) is 0. The smallest absolute Gasteiger partial charge is 0.306 e. The number of rotatable bonds is 40. The zero-order valence-corrected chi connectivity index (χ0v) is 40.5. The van der Waals surface area contributed by atoms with Crippen LogP contribution in [0.3, 0.4) is 0 Å². The number of esters is 2. The predicted molar refractivity (Wildman–Crippen MR) is 254 cm³/mol. The fourth-order valence-corrected chi connectivity index (χ4v) is 9.14. The van der Waals surface area contributed by atoms with Gasteiger partial charge in [0.25, 0.3) is 0 Å². The third kappa shape index (κ3) is 25.5. The van der Waals surface area contributed by atoms with E-state index in [4.69, 9.17) is 15.2 Å². The average molecular weight is 928 g/mol. The molecule has 0 unspecified atom stereocenters. The molecule has 1 aliphatic rings. The third-order valence-electron chi connectivity index (χ3n) is 12.3. The first-order valence-corrected chi connectivity index (χ1v) is 26.5. The summed E-state index contributed by atoms with van der Waals surface area (Å²) in [6, 6.07) is -2.37. The van der Waals surface area contributed by atoms with Gasteiger partial charge in [0, 0.05) is 24.3 Å². The van der Waals surface area contributed by atoms with Crippen molar-refractivity contribution in [1.29, 1.82) is 0 Å². The number of aliphatic hydroxyl groups is 5. The van der Waals surface area contributed by atoms with Gasteiger partial charge in [-0.05, 0) is 12.8 Å². The predicted octanol–water partition coefficient (Wildman–Crippen LogP) is 7.83. The number of nitrogens with two attached hydrogens (primary N) is 1. The van der Waals surface area contributed by atoms with E-state index in [0.717, 1.165) is 43.2 Å². The van der Waals surface area contributed by atoms with Crippen molar-refractivity contribution < 1.29 is 49.4 Å². The maximum atomic E-state index is 12.9. The largest absolute Gasteiger partial charge is 0.462 e. The van der Waals surface area contributed by atoms with E-state index in [1.165, 1.54) is 159 Å². The number of unbranched alkanes of at least 4 members (excludes halogenated alkanes) is 26. The molecule has 64 heavy (non-hydrogen) atoms. The van der Waals surface area contributed by atoms with Crippen LogP contribution in [0, 0.1) is 0 Å². The van der Waals surface area contributed by atoms with Crippen molar-refractivity contribution in [3.8, 4) is 0 Å². The fraction of sp³-hybridized carbons (Fsp3) is 0.896. The minimum atomic E-state index is -1.76. The van der Waals surface area contributed by atoms with E-state index >= 15 is 0 Å². The summed E-state index contributed by atoms with van der Waals surface area (Å²) < 4.78 is 12.4. The Labute approximate surface area is 389 Å². The number of hydrogen-bond donors (Lipinski definition) is 7. The van der Waals surface area contributed by atoms with Crippen molar-refractivity contribution in [2.75, 3.05) is 23.4 Å². The normalized spacial score (nSPS) is 20.8. The molecule has 0 aromatic carbocycles. The molecule has 8 atom stereocenters. The summed E-state index contributed by atoms with van der Waals surface area (Å²) in [6.07, 6.45) is 26.8. The van der Waals surface area contributed by atoms with E-state index in [1.807, 2.05) is 0 Å². The van der Waals surface area contributed by atoms with Crippen LogP contribution in [0.5, 0.6) is 0 Å². The van der Waals surface area contributed by atoms with E-state index in [1.54, 1.807) is 0 Å². The average Bonchev–Trinajstić information content (AvgIpc) is 3.74. The van der Waals surface area contributed by atoms with E-state index in [9.17, 15) is 39.9 Å². The number of hydrogen-bond acceptors (Lipinski definition) is 14. The molecule has 1 aromatic heterocycles. The van der Waals surface area contributed by atoms with Crippen LogP contribution in [-0.2, 0) is 23.9 Å². The number of carbonyl (C=O) groups excluding carboxylic acids is 3. The highest BCUT2D eigenvalue weighted by Gasteiger charge is 2.49. The quantitative estimate of drug-likeness (QED) is 0.0245. The molecular formula is C48H89N5O10S. The van der Waals surface area contributed by atoms with Crippen molar-refractivity contribution in [3.05, 3.63) is 6.20 Å². The first-order chi connectivity index (χ1) is 31.0. The van der Waals surface area contributed by atoms with Crippen LogP contribution in [0.4, 0.5) is 5.82 Å². The van der Waals surface area contributed by atoms with Gasteiger partial charge in [0.1, 0.15) is 49.3 Å². The molecule has 0 bridgehead atoms.